The van der Waals surface area contributed by atoms with E-state index in [1.54, 1.807) is 30.5 Å². The van der Waals surface area contributed by atoms with Gasteiger partial charge in [-0.3, -0.25) is 0 Å². The van der Waals surface area contributed by atoms with Crippen molar-refractivity contribution in [1.82, 2.24) is 9.78 Å². The molecule has 0 amide bonds. The molecule has 0 aliphatic carbocycles. The van der Waals surface area contributed by atoms with E-state index in [2.05, 4.69) is 5.10 Å². The summed E-state index contributed by atoms with van der Waals surface area (Å²) in [5.74, 6) is -1.07. The smallest absolute Gasteiger partial charge is 0.356 e. The van der Waals surface area contributed by atoms with Gasteiger partial charge in [0.25, 0.3) is 0 Å². The molecule has 1 aromatic carbocycles. The van der Waals surface area contributed by atoms with Crippen LogP contribution in [0.5, 0.6) is 0 Å². The maximum Gasteiger partial charge on any atom is 0.356 e. The molecule has 2 rings (SSSR count). The summed E-state index contributed by atoms with van der Waals surface area (Å²) >= 11 is 5.80. The van der Waals surface area contributed by atoms with Crippen LogP contribution >= 0.6 is 11.6 Å². The fraction of sp³-hybridized carbons (Fsp3) is 0.231. The molecule has 0 unspecified atom stereocenters. The molecule has 0 saturated heterocycles. The molecule has 6 heteroatoms. The zero-order valence-corrected chi connectivity index (χ0v) is 10.8. The van der Waals surface area contributed by atoms with Gasteiger partial charge in [0.1, 0.15) is 0 Å². The molecule has 0 aliphatic rings. The number of aromatic carboxylic acids is 1. The first-order chi connectivity index (χ1) is 9.11. The predicted molar refractivity (Wildman–Crippen MR) is 70.9 cm³/mol. The van der Waals surface area contributed by atoms with Gasteiger partial charge in [0.15, 0.2) is 5.69 Å². The van der Waals surface area contributed by atoms with Gasteiger partial charge < -0.3 is 10.2 Å². The number of nitrogens with zero attached hydrogens (tertiary/aromatic N) is 2. The van der Waals surface area contributed by atoms with Gasteiger partial charge in [0.05, 0.1) is 5.69 Å². The molecule has 0 atom stereocenters. The molecular formula is C13H13ClN2O3. The molecule has 100 valence electrons. The first kappa shape index (κ1) is 13.6. The van der Waals surface area contributed by atoms with Crippen LogP contribution in [0.1, 0.15) is 22.5 Å². The quantitative estimate of drug-likeness (QED) is 0.880. The van der Waals surface area contributed by atoms with Gasteiger partial charge in [-0.05, 0) is 37.1 Å². The van der Waals surface area contributed by atoms with Crippen LogP contribution in [-0.2, 0) is 6.42 Å². The highest BCUT2D eigenvalue weighted by molar-refractivity contribution is 6.30. The van der Waals surface area contributed by atoms with Crippen molar-refractivity contribution in [3.8, 4) is 5.69 Å². The number of aryl methyl sites for hydroxylation is 1. The SMILES string of the molecule is O=C(O)c1nn(-c2ccc(Cl)cc2)cc1CCCO. The lowest BCUT2D eigenvalue weighted by molar-refractivity contribution is 0.0688. The summed E-state index contributed by atoms with van der Waals surface area (Å²) in [6.45, 7) is 0.0190. The fourth-order valence-corrected chi connectivity index (χ4v) is 1.89. The number of aromatic nitrogens is 2. The number of benzene rings is 1. The minimum Gasteiger partial charge on any atom is -0.476 e. The lowest BCUT2D eigenvalue weighted by Gasteiger charge is -2.00. The Balaban J connectivity index is 2.36. The normalized spacial score (nSPS) is 10.6. The summed E-state index contributed by atoms with van der Waals surface area (Å²) in [5, 5.41) is 22.6. The van der Waals surface area contributed by atoms with Crippen molar-refractivity contribution in [2.45, 2.75) is 12.8 Å². The summed E-state index contributed by atoms with van der Waals surface area (Å²) < 4.78 is 1.51. The van der Waals surface area contributed by atoms with Crippen LogP contribution in [0, 0.1) is 0 Å². The fourth-order valence-electron chi connectivity index (χ4n) is 1.77. The molecule has 0 spiro atoms. The van der Waals surface area contributed by atoms with E-state index in [4.69, 9.17) is 21.8 Å². The van der Waals surface area contributed by atoms with Crippen molar-refractivity contribution < 1.29 is 15.0 Å². The number of rotatable bonds is 5. The summed E-state index contributed by atoms with van der Waals surface area (Å²) in [4.78, 5) is 11.1. The van der Waals surface area contributed by atoms with Crippen LogP contribution in [0.4, 0.5) is 0 Å². The van der Waals surface area contributed by atoms with E-state index in [1.165, 1.54) is 4.68 Å². The maximum atomic E-state index is 11.1. The zero-order chi connectivity index (χ0) is 13.8. The van der Waals surface area contributed by atoms with Crippen LogP contribution in [0.2, 0.25) is 5.02 Å². The van der Waals surface area contributed by atoms with E-state index in [9.17, 15) is 4.79 Å². The number of hydrogen-bond acceptors (Lipinski definition) is 3. The highest BCUT2D eigenvalue weighted by atomic mass is 35.5. The van der Waals surface area contributed by atoms with Crippen LogP contribution < -0.4 is 0 Å². The van der Waals surface area contributed by atoms with Crippen molar-refractivity contribution >= 4 is 17.6 Å². The first-order valence-corrected chi connectivity index (χ1v) is 6.18. The summed E-state index contributed by atoms with van der Waals surface area (Å²) in [6, 6.07) is 6.95. The molecule has 0 saturated carbocycles. The van der Waals surface area contributed by atoms with E-state index in [1.807, 2.05) is 0 Å². The lowest BCUT2D eigenvalue weighted by atomic mass is 10.1. The van der Waals surface area contributed by atoms with E-state index >= 15 is 0 Å². The number of hydrogen-bond donors (Lipinski definition) is 2. The Hall–Kier alpha value is -1.85. The van der Waals surface area contributed by atoms with E-state index in [0.717, 1.165) is 5.69 Å². The van der Waals surface area contributed by atoms with Crippen LogP contribution in [0.25, 0.3) is 5.69 Å². The Morgan fingerprint density at radius 2 is 2.00 bits per heavy atom. The molecule has 0 bridgehead atoms. The number of carboxylic acid groups (broad SMARTS) is 1. The molecule has 2 N–H and O–H groups in total. The third-order valence-corrected chi connectivity index (χ3v) is 2.94. The van der Waals surface area contributed by atoms with Crippen LogP contribution in [0.15, 0.2) is 30.5 Å². The second kappa shape index (κ2) is 5.86. The molecule has 5 nitrogen and oxygen atoms in total. The van der Waals surface area contributed by atoms with Crippen molar-refractivity contribution in [1.29, 1.82) is 0 Å². The second-order valence-electron chi connectivity index (χ2n) is 4.06. The van der Waals surface area contributed by atoms with E-state index in [0.29, 0.717) is 23.4 Å². The molecule has 1 aromatic heterocycles. The minimum absolute atomic E-state index is 0.0170. The first-order valence-electron chi connectivity index (χ1n) is 5.80. The molecule has 2 aromatic rings. The van der Waals surface area contributed by atoms with Gasteiger partial charge in [0.2, 0.25) is 0 Å². The Morgan fingerprint density at radius 1 is 1.32 bits per heavy atom. The van der Waals surface area contributed by atoms with Crippen LogP contribution in [0.3, 0.4) is 0 Å². The largest absolute Gasteiger partial charge is 0.476 e. The second-order valence-corrected chi connectivity index (χ2v) is 4.49. The average molecular weight is 281 g/mol. The van der Waals surface area contributed by atoms with E-state index in [-0.39, 0.29) is 12.3 Å². The molecular weight excluding hydrogens is 268 g/mol. The molecule has 0 aliphatic heterocycles. The third kappa shape index (κ3) is 3.13. The van der Waals surface area contributed by atoms with E-state index < -0.39 is 5.97 Å². The number of halogens is 1. The zero-order valence-electron chi connectivity index (χ0n) is 10.1. The van der Waals surface area contributed by atoms with Gasteiger partial charge >= 0.3 is 5.97 Å². The number of carboxylic acids is 1. The Morgan fingerprint density at radius 3 is 2.58 bits per heavy atom. The predicted octanol–water partition coefficient (Wildman–Crippen LogP) is 2.15. The highest BCUT2D eigenvalue weighted by Crippen LogP contribution is 2.16. The monoisotopic (exact) mass is 280 g/mol. The maximum absolute atomic E-state index is 11.1. The highest BCUT2D eigenvalue weighted by Gasteiger charge is 2.15. The molecule has 0 fully saturated rings. The average Bonchev–Trinajstić information content (AvgIpc) is 2.81. The van der Waals surface area contributed by atoms with Crippen molar-refractivity contribution in [3.05, 3.63) is 46.7 Å². The van der Waals surface area contributed by atoms with Gasteiger partial charge in [-0.1, -0.05) is 11.6 Å². The number of carbonyl (C=O) groups is 1. The lowest BCUT2D eigenvalue weighted by Crippen LogP contribution is -2.03. The Bertz CT molecular complexity index is 578. The standard InChI is InChI=1S/C13H13ClN2O3/c14-10-3-5-11(6-4-10)16-8-9(2-1-7-17)12(15-16)13(18)19/h3-6,8,17H,1-2,7H2,(H,18,19). The van der Waals surface area contributed by atoms with Gasteiger partial charge in [-0.2, -0.15) is 5.10 Å². The van der Waals surface area contributed by atoms with Gasteiger partial charge in [0, 0.05) is 23.4 Å². The topological polar surface area (TPSA) is 75.3 Å². The molecule has 19 heavy (non-hydrogen) atoms. The Labute approximate surface area is 115 Å². The van der Waals surface area contributed by atoms with Crippen molar-refractivity contribution in [2.75, 3.05) is 6.61 Å². The van der Waals surface area contributed by atoms with Gasteiger partial charge in [-0.15, -0.1) is 0 Å². The van der Waals surface area contributed by atoms with Crippen LogP contribution in [-0.4, -0.2) is 32.6 Å². The number of aliphatic hydroxyl groups excluding tert-OH is 1. The summed E-state index contributed by atoms with van der Waals surface area (Å²) in [6.07, 6.45) is 2.65. The Kier molecular flexibility index (Phi) is 4.19. The summed E-state index contributed by atoms with van der Waals surface area (Å²) in [7, 11) is 0. The third-order valence-electron chi connectivity index (χ3n) is 2.69. The minimum atomic E-state index is -1.07. The molecule has 0 radical (unpaired) electrons. The molecule has 1 heterocycles. The van der Waals surface area contributed by atoms with Gasteiger partial charge in [-0.25, -0.2) is 9.48 Å². The summed E-state index contributed by atoms with van der Waals surface area (Å²) in [5.41, 5.74) is 1.36. The van der Waals surface area contributed by atoms with Crippen molar-refractivity contribution in [2.24, 2.45) is 0 Å². The number of aliphatic hydroxyl groups is 1. The van der Waals surface area contributed by atoms with Crippen molar-refractivity contribution in [3.63, 3.8) is 0 Å².